The van der Waals surface area contributed by atoms with E-state index in [4.69, 9.17) is 5.26 Å². The van der Waals surface area contributed by atoms with Gasteiger partial charge in [-0.3, -0.25) is 4.79 Å². The summed E-state index contributed by atoms with van der Waals surface area (Å²) in [6.07, 6.45) is 12.1. The van der Waals surface area contributed by atoms with Crippen LogP contribution in [0.5, 0.6) is 0 Å². The SMILES string of the molecule is CCC(=O)CC/C=C/[C@H]1CCC[C@@H]1C(C#N)(c1ccccc1)C1CCN(CC2CN(c3ccc(C#N)cc3)C2)CC1. The maximum absolute atomic E-state index is 11.8. The fourth-order valence-corrected chi connectivity index (χ4v) is 7.76. The molecule has 0 radical (unpaired) electrons. The Morgan fingerprint density at radius 2 is 1.73 bits per heavy atom. The van der Waals surface area contributed by atoms with Crippen LogP contribution < -0.4 is 4.90 Å². The van der Waals surface area contributed by atoms with Gasteiger partial charge in [-0.15, -0.1) is 0 Å². The molecule has 2 aliphatic heterocycles. The highest BCUT2D eigenvalue weighted by Gasteiger charge is 2.51. The van der Waals surface area contributed by atoms with Gasteiger partial charge in [0.15, 0.2) is 0 Å². The van der Waals surface area contributed by atoms with Crippen molar-refractivity contribution in [2.24, 2.45) is 23.7 Å². The molecule has 3 atom stereocenters. The maximum Gasteiger partial charge on any atom is 0.132 e. The van der Waals surface area contributed by atoms with Gasteiger partial charge in [0.25, 0.3) is 0 Å². The predicted molar refractivity (Wildman–Crippen MR) is 164 cm³/mol. The molecule has 0 N–H and O–H groups in total. The molecule has 1 saturated carbocycles. The molecule has 2 aromatic carbocycles. The molecule has 1 unspecified atom stereocenters. The van der Waals surface area contributed by atoms with Gasteiger partial charge in [0.2, 0.25) is 0 Å². The quantitative estimate of drug-likeness (QED) is 0.286. The van der Waals surface area contributed by atoms with Crippen LogP contribution in [-0.4, -0.2) is 43.4 Å². The molecule has 3 fully saturated rings. The molecule has 2 aromatic rings. The van der Waals surface area contributed by atoms with E-state index in [0.29, 0.717) is 47.9 Å². The molecular weight excluding hydrogens is 504 g/mol. The van der Waals surface area contributed by atoms with Crippen LogP contribution in [-0.2, 0) is 10.2 Å². The van der Waals surface area contributed by atoms with Crippen molar-refractivity contribution in [2.45, 2.75) is 63.7 Å². The number of carbonyl (C=O) groups is 1. The van der Waals surface area contributed by atoms with E-state index in [9.17, 15) is 10.1 Å². The van der Waals surface area contributed by atoms with Crippen molar-refractivity contribution in [3.8, 4) is 12.1 Å². The molecule has 0 spiro atoms. The molecule has 5 nitrogen and oxygen atoms in total. The van der Waals surface area contributed by atoms with E-state index in [1.807, 2.05) is 19.1 Å². The summed E-state index contributed by atoms with van der Waals surface area (Å²) in [5.41, 5.74) is 2.64. The zero-order chi connectivity index (χ0) is 28.7. The van der Waals surface area contributed by atoms with Crippen LogP contribution in [0.25, 0.3) is 0 Å². The Kier molecular flexibility index (Phi) is 9.58. The maximum atomic E-state index is 11.8. The van der Waals surface area contributed by atoms with Gasteiger partial charge in [-0.05, 0) is 92.8 Å². The number of ketones is 1. The van der Waals surface area contributed by atoms with Crippen LogP contribution in [0.2, 0.25) is 0 Å². The summed E-state index contributed by atoms with van der Waals surface area (Å²) in [5.74, 6) is 2.05. The minimum absolute atomic E-state index is 0.317. The van der Waals surface area contributed by atoms with E-state index >= 15 is 0 Å². The van der Waals surface area contributed by atoms with Crippen molar-refractivity contribution < 1.29 is 4.79 Å². The van der Waals surface area contributed by atoms with Crippen LogP contribution in [0.4, 0.5) is 5.69 Å². The van der Waals surface area contributed by atoms with Gasteiger partial charge in [-0.1, -0.05) is 55.8 Å². The van der Waals surface area contributed by atoms with Gasteiger partial charge in [0.05, 0.1) is 23.1 Å². The molecule has 3 aliphatic rings. The molecule has 0 amide bonds. The van der Waals surface area contributed by atoms with Crippen molar-refractivity contribution in [1.82, 2.24) is 4.90 Å². The average Bonchev–Trinajstić information content (AvgIpc) is 3.47. The highest BCUT2D eigenvalue weighted by Crippen LogP contribution is 2.52. The zero-order valence-corrected chi connectivity index (χ0v) is 24.5. The number of likely N-dealkylation sites (tertiary alicyclic amines) is 1. The van der Waals surface area contributed by atoms with Crippen LogP contribution in [0.3, 0.4) is 0 Å². The molecular formula is C36H44N4O. The summed E-state index contributed by atoms with van der Waals surface area (Å²) >= 11 is 0. The summed E-state index contributed by atoms with van der Waals surface area (Å²) in [5, 5.41) is 20.1. The van der Waals surface area contributed by atoms with Crippen molar-refractivity contribution in [3.63, 3.8) is 0 Å². The highest BCUT2D eigenvalue weighted by atomic mass is 16.1. The van der Waals surface area contributed by atoms with Crippen LogP contribution >= 0.6 is 0 Å². The number of anilines is 1. The van der Waals surface area contributed by atoms with Gasteiger partial charge >= 0.3 is 0 Å². The first kappa shape index (κ1) is 29.1. The Bertz CT molecular complexity index is 1260. The Hall–Kier alpha value is -3.41. The second-order valence-electron chi connectivity index (χ2n) is 12.4. The smallest absolute Gasteiger partial charge is 0.132 e. The largest absolute Gasteiger partial charge is 0.371 e. The van der Waals surface area contributed by atoms with Crippen molar-refractivity contribution in [2.75, 3.05) is 37.6 Å². The fourth-order valence-electron chi connectivity index (χ4n) is 7.76. The van der Waals surface area contributed by atoms with Gasteiger partial charge in [0, 0.05) is 44.1 Å². The number of benzene rings is 2. The number of nitriles is 2. The number of hydrogen-bond acceptors (Lipinski definition) is 5. The predicted octanol–water partition coefficient (Wildman–Crippen LogP) is 6.90. The van der Waals surface area contributed by atoms with Crippen molar-refractivity contribution in [1.29, 1.82) is 10.5 Å². The highest BCUT2D eigenvalue weighted by molar-refractivity contribution is 5.78. The monoisotopic (exact) mass is 548 g/mol. The number of Topliss-reactive ketones (excluding diaryl/α,β-unsaturated/α-hetero) is 1. The third-order valence-electron chi connectivity index (χ3n) is 10.0. The second-order valence-corrected chi connectivity index (χ2v) is 12.4. The Balaban J connectivity index is 1.23. The van der Waals surface area contributed by atoms with E-state index in [1.165, 1.54) is 17.7 Å². The minimum Gasteiger partial charge on any atom is -0.371 e. The lowest BCUT2D eigenvalue weighted by Gasteiger charge is -2.48. The second kappa shape index (κ2) is 13.5. The normalized spacial score (nSPS) is 23.5. The first-order valence-corrected chi connectivity index (χ1v) is 15.7. The Morgan fingerprint density at radius 3 is 2.39 bits per heavy atom. The standard InChI is InChI=1S/C36H44N4O/c1-2-34(41)13-7-6-9-30-10-8-14-35(30)36(27-38,31-11-4-3-5-12-31)32-19-21-39(22-20-32)24-29-25-40(26-29)33-17-15-28(23-37)16-18-33/h3-6,9,11-12,15-18,29-30,32,35H,2,7-8,10,13-14,19-22,24-26H2,1H3/b9-6+/t30-,35-,36?/m0/s1. The van der Waals surface area contributed by atoms with Crippen molar-refractivity contribution in [3.05, 3.63) is 77.9 Å². The lowest BCUT2D eigenvalue weighted by molar-refractivity contribution is -0.118. The molecule has 2 heterocycles. The molecule has 214 valence electrons. The van der Waals surface area contributed by atoms with Gasteiger partial charge < -0.3 is 9.80 Å². The van der Waals surface area contributed by atoms with Gasteiger partial charge in [-0.2, -0.15) is 10.5 Å². The first-order valence-electron chi connectivity index (χ1n) is 15.7. The number of nitrogens with zero attached hydrogens (tertiary/aromatic N) is 4. The summed E-state index contributed by atoms with van der Waals surface area (Å²) in [7, 11) is 0. The average molecular weight is 549 g/mol. The molecule has 1 aliphatic carbocycles. The number of carbonyl (C=O) groups excluding carboxylic acids is 1. The number of hydrogen-bond donors (Lipinski definition) is 0. The lowest BCUT2D eigenvalue weighted by Crippen LogP contribution is -2.54. The van der Waals surface area contributed by atoms with Crippen LogP contribution in [0, 0.1) is 46.3 Å². The summed E-state index contributed by atoms with van der Waals surface area (Å²) in [6.45, 7) is 7.30. The van der Waals surface area contributed by atoms with Gasteiger partial charge in [-0.25, -0.2) is 0 Å². The molecule has 0 bridgehead atoms. The van der Waals surface area contributed by atoms with Gasteiger partial charge in [0.1, 0.15) is 5.78 Å². The number of rotatable bonds is 11. The van der Waals surface area contributed by atoms with E-state index in [2.05, 4.69) is 76.6 Å². The minimum atomic E-state index is -0.471. The van der Waals surface area contributed by atoms with Crippen LogP contribution in [0.15, 0.2) is 66.7 Å². The Morgan fingerprint density at radius 1 is 1.00 bits per heavy atom. The van der Waals surface area contributed by atoms with Crippen molar-refractivity contribution >= 4 is 11.5 Å². The molecule has 2 saturated heterocycles. The van der Waals surface area contributed by atoms with E-state index in [1.54, 1.807) is 0 Å². The number of allylic oxidation sites excluding steroid dienone is 2. The molecule has 0 aromatic heterocycles. The summed E-state index contributed by atoms with van der Waals surface area (Å²) in [4.78, 5) is 16.8. The number of piperidine rings is 1. The van der Waals surface area contributed by atoms with E-state index in [-0.39, 0.29) is 0 Å². The first-order chi connectivity index (χ1) is 20.1. The lowest BCUT2D eigenvalue weighted by atomic mass is 9.58. The molecule has 5 heteroatoms. The molecule has 41 heavy (non-hydrogen) atoms. The summed E-state index contributed by atoms with van der Waals surface area (Å²) < 4.78 is 0. The third kappa shape index (κ3) is 6.42. The fraction of sp³-hybridized carbons (Fsp3) is 0.528. The van der Waals surface area contributed by atoms with E-state index in [0.717, 1.165) is 64.8 Å². The zero-order valence-electron chi connectivity index (χ0n) is 24.5. The molecule has 5 rings (SSSR count). The third-order valence-corrected chi connectivity index (χ3v) is 10.0. The topological polar surface area (TPSA) is 71.1 Å². The summed E-state index contributed by atoms with van der Waals surface area (Å²) in [6, 6.07) is 23.7. The van der Waals surface area contributed by atoms with E-state index < -0.39 is 5.41 Å². The Labute approximate surface area is 246 Å². The van der Waals surface area contributed by atoms with Crippen LogP contribution in [0.1, 0.15) is 69.4 Å².